The molecule has 0 aromatic heterocycles. The molecule has 1 atom stereocenters. The summed E-state index contributed by atoms with van der Waals surface area (Å²) in [4.78, 5) is 0. The van der Waals surface area contributed by atoms with Crippen molar-refractivity contribution in [1.82, 2.24) is 5.32 Å². The van der Waals surface area contributed by atoms with Gasteiger partial charge in [-0.3, -0.25) is 0 Å². The zero-order valence-corrected chi connectivity index (χ0v) is 11.1. The van der Waals surface area contributed by atoms with Crippen LogP contribution in [-0.4, -0.2) is 6.54 Å². The van der Waals surface area contributed by atoms with Crippen LogP contribution in [0, 0.1) is 12.8 Å². The summed E-state index contributed by atoms with van der Waals surface area (Å²) in [6, 6.07) is 9.43. The molecule has 90 valence electrons. The fourth-order valence-corrected chi connectivity index (χ4v) is 1.93. The van der Waals surface area contributed by atoms with E-state index in [0.717, 1.165) is 12.5 Å². The highest BCUT2D eigenvalue weighted by Crippen LogP contribution is 2.21. The topological polar surface area (TPSA) is 12.0 Å². The first-order chi connectivity index (χ1) is 7.63. The van der Waals surface area contributed by atoms with Gasteiger partial charge in [0.05, 0.1) is 0 Å². The maximum absolute atomic E-state index is 3.64. The first-order valence-corrected chi connectivity index (χ1v) is 6.43. The van der Waals surface area contributed by atoms with Crippen LogP contribution in [0.25, 0.3) is 0 Å². The Balaban J connectivity index is 2.70. The Labute approximate surface area is 100 Å². The van der Waals surface area contributed by atoms with Crippen LogP contribution in [0.4, 0.5) is 0 Å². The predicted octanol–water partition coefficient (Wildman–Crippen LogP) is 4.08. The Kier molecular flexibility index (Phi) is 5.54. The van der Waals surface area contributed by atoms with Gasteiger partial charge in [-0.25, -0.2) is 0 Å². The lowest BCUT2D eigenvalue weighted by atomic mass is 9.96. The van der Waals surface area contributed by atoms with E-state index in [0.29, 0.717) is 6.04 Å². The van der Waals surface area contributed by atoms with Crippen molar-refractivity contribution in [2.45, 2.75) is 46.6 Å². The van der Waals surface area contributed by atoms with Gasteiger partial charge in [0.2, 0.25) is 0 Å². The van der Waals surface area contributed by atoms with E-state index in [9.17, 15) is 0 Å². The zero-order chi connectivity index (χ0) is 12.0. The molecule has 1 nitrogen and oxygen atoms in total. The van der Waals surface area contributed by atoms with E-state index < -0.39 is 0 Å². The number of aryl methyl sites for hydroxylation is 1. The van der Waals surface area contributed by atoms with Crippen LogP contribution in [0.1, 0.15) is 50.8 Å². The van der Waals surface area contributed by atoms with Crippen LogP contribution < -0.4 is 5.32 Å². The summed E-state index contributed by atoms with van der Waals surface area (Å²) in [6.45, 7) is 10.0. The van der Waals surface area contributed by atoms with Crippen molar-refractivity contribution in [2.75, 3.05) is 6.54 Å². The molecule has 1 heteroatoms. The van der Waals surface area contributed by atoms with Crippen LogP contribution in [0.15, 0.2) is 24.3 Å². The van der Waals surface area contributed by atoms with Crippen molar-refractivity contribution in [3.8, 4) is 0 Å². The molecule has 1 rings (SSSR count). The van der Waals surface area contributed by atoms with Gasteiger partial charge in [0.1, 0.15) is 0 Å². The Bertz CT molecular complexity index is 287. The van der Waals surface area contributed by atoms with Crippen molar-refractivity contribution >= 4 is 0 Å². The highest BCUT2D eigenvalue weighted by atomic mass is 14.9. The van der Waals surface area contributed by atoms with E-state index in [2.05, 4.69) is 57.3 Å². The van der Waals surface area contributed by atoms with Gasteiger partial charge in [-0.05, 0) is 37.8 Å². The Morgan fingerprint density at radius 1 is 1.12 bits per heavy atom. The van der Waals surface area contributed by atoms with Gasteiger partial charge < -0.3 is 5.32 Å². The molecule has 0 saturated heterocycles. The first-order valence-electron chi connectivity index (χ1n) is 6.43. The van der Waals surface area contributed by atoms with Crippen LogP contribution in [0.2, 0.25) is 0 Å². The molecule has 0 bridgehead atoms. The van der Waals surface area contributed by atoms with Crippen LogP contribution >= 0.6 is 0 Å². The summed E-state index contributed by atoms with van der Waals surface area (Å²) >= 11 is 0. The smallest absolute Gasteiger partial charge is 0.0322 e. The monoisotopic (exact) mass is 219 g/mol. The minimum absolute atomic E-state index is 0.514. The fraction of sp³-hybridized carbons (Fsp3) is 0.600. The van der Waals surface area contributed by atoms with Crippen molar-refractivity contribution in [1.29, 1.82) is 0 Å². The average molecular weight is 219 g/mol. The summed E-state index contributed by atoms with van der Waals surface area (Å²) in [5, 5.41) is 3.64. The summed E-state index contributed by atoms with van der Waals surface area (Å²) in [6.07, 6.45) is 2.41. The molecule has 1 unspecified atom stereocenters. The van der Waals surface area contributed by atoms with Crippen molar-refractivity contribution in [2.24, 2.45) is 5.92 Å². The molecule has 0 spiro atoms. The van der Waals surface area contributed by atoms with E-state index in [4.69, 9.17) is 0 Å². The Hall–Kier alpha value is -0.820. The first kappa shape index (κ1) is 13.2. The number of hydrogen-bond acceptors (Lipinski definition) is 1. The molecule has 0 aliphatic carbocycles. The maximum Gasteiger partial charge on any atom is 0.0322 e. The summed E-state index contributed by atoms with van der Waals surface area (Å²) in [7, 11) is 0. The highest BCUT2D eigenvalue weighted by molar-refractivity contribution is 5.24. The minimum Gasteiger partial charge on any atom is -0.310 e. The van der Waals surface area contributed by atoms with E-state index in [-0.39, 0.29) is 0 Å². The summed E-state index contributed by atoms with van der Waals surface area (Å²) < 4.78 is 0. The molecule has 0 radical (unpaired) electrons. The second-order valence-corrected chi connectivity index (χ2v) is 5.05. The van der Waals surface area contributed by atoms with Gasteiger partial charge in [-0.15, -0.1) is 0 Å². The van der Waals surface area contributed by atoms with Crippen molar-refractivity contribution in [3.05, 3.63) is 35.4 Å². The van der Waals surface area contributed by atoms with Crippen molar-refractivity contribution in [3.63, 3.8) is 0 Å². The molecule has 0 aliphatic rings. The lowest BCUT2D eigenvalue weighted by Crippen LogP contribution is -2.23. The van der Waals surface area contributed by atoms with Crippen molar-refractivity contribution < 1.29 is 0 Å². The Morgan fingerprint density at radius 3 is 2.25 bits per heavy atom. The van der Waals surface area contributed by atoms with Gasteiger partial charge in [-0.1, -0.05) is 50.6 Å². The van der Waals surface area contributed by atoms with Gasteiger partial charge in [0, 0.05) is 6.04 Å². The quantitative estimate of drug-likeness (QED) is 0.760. The van der Waals surface area contributed by atoms with Gasteiger partial charge >= 0.3 is 0 Å². The lowest BCUT2D eigenvalue weighted by Gasteiger charge is -2.21. The number of benzene rings is 1. The maximum atomic E-state index is 3.64. The molecular weight excluding hydrogens is 194 g/mol. The van der Waals surface area contributed by atoms with Gasteiger partial charge in [-0.2, -0.15) is 0 Å². The van der Waals surface area contributed by atoms with E-state index in [1.807, 2.05) is 0 Å². The normalized spacial score (nSPS) is 13.1. The van der Waals surface area contributed by atoms with E-state index in [1.165, 1.54) is 24.0 Å². The number of rotatable bonds is 6. The molecule has 1 aromatic carbocycles. The molecule has 1 aromatic rings. The van der Waals surface area contributed by atoms with Crippen LogP contribution in [0.5, 0.6) is 0 Å². The molecule has 16 heavy (non-hydrogen) atoms. The lowest BCUT2D eigenvalue weighted by molar-refractivity contribution is 0.430. The second kappa shape index (κ2) is 6.70. The SMILES string of the molecule is CCCNC(CC(C)C)c1ccc(C)cc1. The molecule has 0 heterocycles. The third kappa shape index (κ3) is 4.36. The third-order valence-corrected chi connectivity index (χ3v) is 2.83. The number of nitrogens with one attached hydrogen (secondary N) is 1. The van der Waals surface area contributed by atoms with E-state index in [1.54, 1.807) is 0 Å². The third-order valence-electron chi connectivity index (χ3n) is 2.83. The molecule has 0 aliphatic heterocycles. The summed E-state index contributed by atoms with van der Waals surface area (Å²) in [5.41, 5.74) is 2.76. The number of hydrogen-bond donors (Lipinski definition) is 1. The second-order valence-electron chi connectivity index (χ2n) is 5.05. The Morgan fingerprint density at radius 2 is 1.75 bits per heavy atom. The fourth-order valence-electron chi connectivity index (χ4n) is 1.93. The average Bonchev–Trinajstić information content (AvgIpc) is 2.25. The van der Waals surface area contributed by atoms with Crippen LogP contribution in [-0.2, 0) is 0 Å². The zero-order valence-electron chi connectivity index (χ0n) is 11.1. The highest BCUT2D eigenvalue weighted by Gasteiger charge is 2.11. The van der Waals surface area contributed by atoms with Gasteiger partial charge in [0.25, 0.3) is 0 Å². The predicted molar refractivity (Wildman–Crippen MR) is 71.7 cm³/mol. The standard InChI is InChI=1S/C15H25N/c1-5-10-16-15(11-12(2)3)14-8-6-13(4)7-9-14/h6-9,12,15-16H,5,10-11H2,1-4H3. The molecular formula is C15H25N. The molecule has 0 saturated carbocycles. The van der Waals surface area contributed by atoms with Gasteiger partial charge in [0.15, 0.2) is 0 Å². The molecule has 1 N–H and O–H groups in total. The summed E-state index contributed by atoms with van der Waals surface area (Å²) in [5.74, 6) is 0.732. The minimum atomic E-state index is 0.514. The van der Waals surface area contributed by atoms with Crippen LogP contribution in [0.3, 0.4) is 0 Å². The molecule has 0 fully saturated rings. The molecule has 0 amide bonds. The largest absolute Gasteiger partial charge is 0.310 e. The van der Waals surface area contributed by atoms with E-state index >= 15 is 0 Å².